The lowest BCUT2D eigenvalue weighted by Gasteiger charge is -2.20. The van der Waals surface area contributed by atoms with Crippen LogP contribution in [0.3, 0.4) is 0 Å². The quantitative estimate of drug-likeness (QED) is 0.488. The molecular formula is C24H22N4O2S. The Kier molecular flexibility index (Phi) is 5.13. The molecule has 0 aliphatic carbocycles. The number of benzene rings is 2. The van der Waals surface area contributed by atoms with E-state index in [0.29, 0.717) is 31.1 Å². The van der Waals surface area contributed by atoms with Crippen molar-refractivity contribution in [2.75, 3.05) is 11.9 Å². The Hall–Kier alpha value is -3.29. The van der Waals surface area contributed by atoms with Gasteiger partial charge >= 0.3 is 0 Å². The Morgan fingerprint density at radius 3 is 2.81 bits per heavy atom. The molecule has 7 heteroatoms. The molecule has 6 nitrogen and oxygen atoms in total. The van der Waals surface area contributed by atoms with E-state index in [1.807, 2.05) is 37.3 Å². The Labute approximate surface area is 184 Å². The first-order valence-corrected chi connectivity index (χ1v) is 11.0. The molecule has 2 aromatic carbocycles. The topological polar surface area (TPSA) is 90.1 Å². The summed E-state index contributed by atoms with van der Waals surface area (Å²) >= 11 is 1.55. The molecule has 3 N–H and O–H groups in total. The van der Waals surface area contributed by atoms with E-state index in [9.17, 15) is 4.79 Å². The van der Waals surface area contributed by atoms with Crippen LogP contribution in [0.4, 0.5) is 5.82 Å². The highest BCUT2D eigenvalue weighted by Gasteiger charge is 2.23. The number of aryl methyl sites for hydroxylation is 1. The second-order valence-corrected chi connectivity index (χ2v) is 8.77. The minimum atomic E-state index is -0.427. The first-order valence-electron chi connectivity index (χ1n) is 10.2. The number of hydrogen-bond acceptors (Lipinski definition) is 6. The van der Waals surface area contributed by atoms with Crippen LogP contribution < -0.4 is 11.1 Å². The molecule has 3 heterocycles. The van der Waals surface area contributed by atoms with Gasteiger partial charge in [-0.3, -0.25) is 4.79 Å². The van der Waals surface area contributed by atoms with Crippen LogP contribution in [0.1, 0.15) is 32.1 Å². The summed E-state index contributed by atoms with van der Waals surface area (Å²) in [7, 11) is 0. The fourth-order valence-electron chi connectivity index (χ4n) is 4.00. The molecule has 0 radical (unpaired) electrons. The predicted octanol–water partition coefficient (Wildman–Crippen LogP) is 4.45. The fourth-order valence-corrected chi connectivity index (χ4v) is 5.17. The van der Waals surface area contributed by atoms with Crippen molar-refractivity contribution in [1.29, 1.82) is 0 Å². The molecule has 5 rings (SSSR count). The maximum atomic E-state index is 11.9. The van der Waals surface area contributed by atoms with Crippen molar-refractivity contribution in [1.82, 2.24) is 9.97 Å². The van der Waals surface area contributed by atoms with Crippen molar-refractivity contribution in [3.63, 3.8) is 0 Å². The summed E-state index contributed by atoms with van der Waals surface area (Å²) < 4.78 is 6.55. The number of anilines is 1. The van der Waals surface area contributed by atoms with Crippen molar-refractivity contribution in [3.05, 3.63) is 75.8 Å². The number of nitrogens with two attached hydrogens (primary N) is 1. The molecule has 31 heavy (non-hydrogen) atoms. The number of carbonyl (C=O) groups excluding carboxylic acids is 1. The molecule has 0 atom stereocenters. The average Bonchev–Trinajstić information content (AvgIpc) is 3.13. The van der Waals surface area contributed by atoms with E-state index in [0.717, 1.165) is 44.0 Å². The summed E-state index contributed by atoms with van der Waals surface area (Å²) in [4.78, 5) is 22.8. The fraction of sp³-hybridized carbons (Fsp3) is 0.208. The van der Waals surface area contributed by atoms with Crippen LogP contribution in [0.2, 0.25) is 0 Å². The number of ether oxygens (including phenoxy) is 1. The molecule has 156 valence electrons. The summed E-state index contributed by atoms with van der Waals surface area (Å²) in [5.41, 5.74) is 10.3. The minimum absolute atomic E-state index is 0.427. The molecule has 2 aromatic heterocycles. The van der Waals surface area contributed by atoms with Crippen LogP contribution >= 0.6 is 11.3 Å². The normalized spacial score (nSPS) is 13.2. The molecule has 1 amide bonds. The molecule has 1 aliphatic heterocycles. The number of nitrogens with one attached hydrogen (secondary N) is 1. The van der Waals surface area contributed by atoms with Crippen molar-refractivity contribution in [3.8, 4) is 11.4 Å². The van der Waals surface area contributed by atoms with E-state index in [-0.39, 0.29) is 0 Å². The number of carbonyl (C=O) groups is 1. The van der Waals surface area contributed by atoms with Gasteiger partial charge in [0.1, 0.15) is 5.82 Å². The van der Waals surface area contributed by atoms with Gasteiger partial charge in [-0.2, -0.15) is 0 Å². The van der Waals surface area contributed by atoms with E-state index in [1.54, 1.807) is 17.4 Å². The maximum Gasteiger partial charge on any atom is 0.250 e. The van der Waals surface area contributed by atoms with Gasteiger partial charge < -0.3 is 15.8 Å². The standard InChI is InChI=1S/C24H22N4O2S/c1-14-20(17-8-5-9-18(22(25)29)21(17)31-14)24-27-19-13-30-11-10-16(19)23(28-24)26-12-15-6-3-2-4-7-15/h2-9H,10-13H2,1H3,(H2,25,29)(H,26,27,28). The lowest BCUT2D eigenvalue weighted by molar-refractivity contribution is 0.100. The van der Waals surface area contributed by atoms with Crippen molar-refractivity contribution >= 4 is 33.1 Å². The zero-order valence-electron chi connectivity index (χ0n) is 17.1. The average molecular weight is 431 g/mol. The van der Waals surface area contributed by atoms with Gasteiger partial charge in [-0.05, 0) is 18.6 Å². The molecule has 0 fully saturated rings. The van der Waals surface area contributed by atoms with Gasteiger partial charge in [0, 0.05) is 39.1 Å². The molecule has 0 saturated heterocycles. The second kappa shape index (κ2) is 8.09. The molecule has 0 spiro atoms. The monoisotopic (exact) mass is 430 g/mol. The van der Waals surface area contributed by atoms with Crippen LogP contribution in [-0.4, -0.2) is 22.5 Å². The Bertz CT molecular complexity index is 1280. The van der Waals surface area contributed by atoms with E-state index < -0.39 is 5.91 Å². The number of primary amides is 1. The summed E-state index contributed by atoms with van der Waals surface area (Å²) in [6.45, 7) is 3.84. The van der Waals surface area contributed by atoms with Crippen molar-refractivity contribution < 1.29 is 9.53 Å². The highest BCUT2D eigenvalue weighted by molar-refractivity contribution is 7.20. The Morgan fingerprint density at radius 2 is 2.00 bits per heavy atom. The van der Waals surface area contributed by atoms with Gasteiger partial charge in [0.05, 0.1) is 24.5 Å². The zero-order chi connectivity index (χ0) is 21.4. The zero-order valence-corrected chi connectivity index (χ0v) is 18.0. The van der Waals surface area contributed by atoms with E-state index in [1.165, 1.54) is 5.56 Å². The lowest BCUT2D eigenvalue weighted by atomic mass is 10.1. The number of thiophene rings is 1. The third-order valence-corrected chi connectivity index (χ3v) is 6.67. The number of amides is 1. The molecule has 4 aromatic rings. The highest BCUT2D eigenvalue weighted by Crippen LogP contribution is 2.39. The van der Waals surface area contributed by atoms with Gasteiger partial charge in [0.2, 0.25) is 5.91 Å². The van der Waals surface area contributed by atoms with Gasteiger partial charge in [0.15, 0.2) is 5.82 Å². The van der Waals surface area contributed by atoms with E-state index in [2.05, 4.69) is 17.4 Å². The molecule has 0 bridgehead atoms. The summed E-state index contributed by atoms with van der Waals surface area (Å²) in [6.07, 6.45) is 0.780. The number of rotatable bonds is 5. The van der Waals surface area contributed by atoms with Crippen molar-refractivity contribution in [2.45, 2.75) is 26.5 Å². The minimum Gasteiger partial charge on any atom is -0.375 e. The third-order valence-electron chi connectivity index (χ3n) is 5.51. The smallest absolute Gasteiger partial charge is 0.250 e. The van der Waals surface area contributed by atoms with Gasteiger partial charge in [-0.15, -0.1) is 11.3 Å². The van der Waals surface area contributed by atoms with Gasteiger partial charge in [-0.25, -0.2) is 9.97 Å². The number of nitrogens with zero attached hydrogens (tertiary/aromatic N) is 2. The summed E-state index contributed by atoms with van der Waals surface area (Å²) in [5.74, 6) is 1.06. The predicted molar refractivity (Wildman–Crippen MR) is 123 cm³/mol. The first-order chi connectivity index (χ1) is 15.1. The molecule has 0 saturated carbocycles. The van der Waals surface area contributed by atoms with Crippen LogP contribution in [-0.2, 0) is 24.3 Å². The molecule has 1 aliphatic rings. The Morgan fingerprint density at radius 1 is 1.16 bits per heavy atom. The number of hydrogen-bond donors (Lipinski definition) is 2. The largest absolute Gasteiger partial charge is 0.375 e. The lowest BCUT2D eigenvalue weighted by Crippen LogP contribution is -2.17. The number of fused-ring (bicyclic) bond motifs is 2. The van der Waals surface area contributed by atoms with Crippen LogP contribution in [0.15, 0.2) is 48.5 Å². The van der Waals surface area contributed by atoms with Crippen molar-refractivity contribution in [2.24, 2.45) is 5.73 Å². The second-order valence-electron chi connectivity index (χ2n) is 7.54. The maximum absolute atomic E-state index is 11.9. The highest BCUT2D eigenvalue weighted by atomic mass is 32.1. The molecule has 0 unspecified atom stereocenters. The Balaban J connectivity index is 1.62. The summed E-state index contributed by atoms with van der Waals surface area (Å²) in [6, 6.07) is 15.9. The van der Waals surface area contributed by atoms with Crippen LogP contribution in [0.5, 0.6) is 0 Å². The van der Waals surface area contributed by atoms with Gasteiger partial charge in [-0.1, -0.05) is 42.5 Å². The van der Waals surface area contributed by atoms with E-state index >= 15 is 0 Å². The molecular weight excluding hydrogens is 408 g/mol. The number of aromatic nitrogens is 2. The SMILES string of the molecule is Cc1sc2c(C(N)=O)cccc2c1-c1nc2c(c(NCc3ccccc3)n1)CCOC2. The third kappa shape index (κ3) is 3.66. The summed E-state index contributed by atoms with van der Waals surface area (Å²) in [5, 5.41) is 4.46. The van der Waals surface area contributed by atoms with Gasteiger partial charge in [0.25, 0.3) is 0 Å². The van der Waals surface area contributed by atoms with Crippen LogP contribution in [0.25, 0.3) is 21.5 Å². The first kappa shape index (κ1) is 19.7. The van der Waals surface area contributed by atoms with Crippen LogP contribution in [0, 0.1) is 6.92 Å². The van der Waals surface area contributed by atoms with E-state index in [4.69, 9.17) is 20.4 Å².